The summed E-state index contributed by atoms with van der Waals surface area (Å²) in [5.74, 6) is 0.463. The van der Waals surface area contributed by atoms with E-state index in [1.165, 1.54) is 30.4 Å². The van der Waals surface area contributed by atoms with Crippen LogP contribution in [0.25, 0.3) is 0 Å². The molecule has 138 valence electrons. The molecule has 2 amide bonds. The molecule has 0 aliphatic carbocycles. The number of nitrogens with zero attached hydrogens (tertiary/aromatic N) is 2. The molecule has 1 saturated heterocycles. The molecule has 0 aromatic heterocycles. The Balaban J connectivity index is 1.87. The Hall–Kier alpha value is -2.08. The van der Waals surface area contributed by atoms with Crippen molar-refractivity contribution in [2.75, 3.05) is 50.1 Å². The number of nitrogens with one attached hydrogen (secondary N) is 1. The van der Waals surface area contributed by atoms with Gasteiger partial charge in [0.2, 0.25) is 11.8 Å². The van der Waals surface area contributed by atoms with E-state index in [2.05, 4.69) is 17.1 Å². The van der Waals surface area contributed by atoms with Crippen LogP contribution in [0, 0.1) is 5.92 Å². The number of rotatable bonds is 7. The van der Waals surface area contributed by atoms with Gasteiger partial charge >= 0.3 is 0 Å². The predicted octanol–water partition coefficient (Wildman–Crippen LogP) is 2.36. The van der Waals surface area contributed by atoms with Gasteiger partial charge in [0.25, 0.3) is 0 Å². The molecule has 2 rings (SSSR count). The second-order valence-corrected chi connectivity index (χ2v) is 6.70. The first kappa shape index (κ1) is 19.2. The number of hydrogen-bond donors (Lipinski definition) is 1. The molecule has 6 nitrogen and oxygen atoms in total. The van der Waals surface area contributed by atoms with Gasteiger partial charge < -0.3 is 19.9 Å². The molecule has 0 spiro atoms. The fraction of sp³-hybridized carbons (Fsp3) is 0.579. The van der Waals surface area contributed by atoms with Crippen molar-refractivity contribution in [2.24, 2.45) is 5.92 Å². The monoisotopic (exact) mass is 347 g/mol. The second-order valence-electron chi connectivity index (χ2n) is 6.70. The van der Waals surface area contributed by atoms with E-state index in [1.807, 2.05) is 24.3 Å². The summed E-state index contributed by atoms with van der Waals surface area (Å²) in [6.07, 6.45) is 2.45. The SMILES string of the molecule is COCCN(CC(=O)Nc1ccc(N2CCC(C)CC2)cc1)C(C)=O. The predicted molar refractivity (Wildman–Crippen MR) is 99.8 cm³/mol. The Morgan fingerprint density at radius 2 is 1.88 bits per heavy atom. The fourth-order valence-corrected chi connectivity index (χ4v) is 2.95. The van der Waals surface area contributed by atoms with Crippen molar-refractivity contribution in [1.29, 1.82) is 0 Å². The number of amides is 2. The quantitative estimate of drug-likeness (QED) is 0.822. The normalized spacial score (nSPS) is 15.1. The summed E-state index contributed by atoms with van der Waals surface area (Å²) in [4.78, 5) is 27.6. The van der Waals surface area contributed by atoms with Gasteiger partial charge in [0.05, 0.1) is 13.2 Å². The van der Waals surface area contributed by atoms with Crippen molar-refractivity contribution >= 4 is 23.2 Å². The second kappa shape index (κ2) is 9.42. The maximum absolute atomic E-state index is 12.2. The number of benzene rings is 1. The molecule has 25 heavy (non-hydrogen) atoms. The van der Waals surface area contributed by atoms with Gasteiger partial charge in [0, 0.05) is 45.0 Å². The highest BCUT2D eigenvalue weighted by molar-refractivity contribution is 5.94. The standard InChI is InChI=1S/C19H29N3O3/c1-15-8-10-21(11-9-15)18-6-4-17(5-7-18)20-19(24)14-22(16(2)23)12-13-25-3/h4-7,15H,8-14H2,1-3H3,(H,20,24). The summed E-state index contributed by atoms with van der Waals surface area (Å²) in [6.45, 7) is 6.77. The van der Waals surface area contributed by atoms with Crippen molar-refractivity contribution in [3.05, 3.63) is 24.3 Å². The lowest BCUT2D eigenvalue weighted by Crippen LogP contribution is -2.38. The molecule has 0 bridgehead atoms. The smallest absolute Gasteiger partial charge is 0.243 e. The van der Waals surface area contributed by atoms with Crippen LogP contribution < -0.4 is 10.2 Å². The highest BCUT2D eigenvalue weighted by Gasteiger charge is 2.16. The summed E-state index contributed by atoms with van der Waals surface area (Å²) in [7, 11) is 1.57. The third-order valence-electron chi connectivity index (χ3n) is 4.64. The lowest BCUT2D eigenvalue weighted by molar-refractivity contribution is -0.133. The van der Waals surface area contributed by atoms with Crippen LogP contribution in [0.4, 0.5) is 11.4 Å². The lowest BCUT2D eigenvalue weighted by Gasteiger charge is -2.32. The van der Waals surface area contributed by atoms with Crippen molar-refractivity contribution in [2.45, 2.75) is 26.7 Å². The van der Waals surface area contributed by atoms with Crippen molar-refractivity contribution in [3.63, 3.8) is 0 Å². The molecule has 0 atom stereocenters. The number of carbonyl (C=O) groups excluding carboxylic acids is 2. The van der Waals surface area contributed by atoms with E-state index >= 15 is 0 Å². The molecule has 1 N–H and O–H groups in total. The van der Waals surface area contributed by atoms with Crippen LogP contribution in [0.5, 0.6) is 0 Å². The first-order valence-corrected chi connectivity index (χ1v) is 8.89. The van der Waals surface area contributed by atoms with E-state index in [0.29, 0.717) is 13.2 Å². The van der Waals surface area contributed by atoms with Gasteiger partial charge in [-0.3, -0.25) is 9.59 Å². The molecule has 0 unspecified atom stereocenters. The molecule has 1 aliphatic heterocycles. The number of anilines is 2. The van der Waals surface area contributed by atoms with Crippen LogP contribution >= 0.6 is 0 Å². The van der Waals surface area contributed by atoms with Gasteiger partial charge in [-0.1, -0.05) is 6.92 Å². The Labute approximate surface area is 150 Å². The average molecular weight is 347 g/mol. The van der Waals surface area contributed by atoms with Crippen LogP contribution in [0.2, 0.25) is 0 Å². The summed E-state index contributed by atoms with van der Waals surface area (Å²) >= 11 is 0. The molecule has 0 radical (unpaired) electrons. The summed E-state index contributed by atoms with van der Waals surface area (Å²) in [5, 5.41) is 2.85. The summed E-state index contributed by atoms with van der Waals surface area (Å²) in [5.41, 5.74) is 1.93. The zero-order valence-corrected chi connectivity index (χ0v) is 15.5. The minimum atomic E-state index is -0.203. The van der Waals surface area contributed by atoms with E-state index < -0.39 is 0 Å². The van der Waals surface area contributed by atoms with Gasteiger partial charge in [0.15, 0.2) is 0 Å². The zero-order valence-electron chi connectivity index (χ0n) is 15.5. The fourth-order valence-electron chi connectivity index (χ4n) is 2.95. The maximum atomic E-state index is 12.2. The molecule has 1 fully saturated rings. The molecular weight excluding hydrogens is 318 g/mol. The van der Waals surface area contributed by atoms with E-state index in [0.717, 1.165) is 24.7 Å². The molecule has 6 heteroatoms. The summed E-state index contributed by atoms with van der Waals surface area (Å²) in [6, 6.07) is 7.91. The Morgan fingerprint density at radius 3 is 2.44 bits per heavy atom. The molecule has 1 aliphatic rings. The number of methoxy groups -OCH3 is 1. The number of carbonyl (C=O) groups is 2. The van der Waals surface area contributed by atoms with E-state index in [1.54, 1.807) is 7.11 Å². The maximum Gasteiger partial charge on any atom is 0.243 e. The number of piperidine rings is 1. The highest BCUT2D eigenvalue weighted by atomic mass is 16.5. The Morgan fingerprint density at radius 1 is 1.24 bits per heavy atom. The van der Waals surface area contributed by atoms with Crippen molar-refractivity contribution < 1.29 is 14.3 Å². The highest BCUT2D eigenvalue weighted by Crippen LogP contribution is 2.24. The van der Waals surface area contributed by atoms with Crippen molar-refractivity contribution in [1.82, 2.24) is 4.90 Å². The van der Waals surface area contributed by atoms with E-state index in [4.69, 9.17) is 4.74 Å². The van der Waals surface area contributed by atoms with E-state index in [9.17, 15) is 9.59 Å². The average Bonchev–Trinajstić information content (AvgIpc) is 2.60. The topological polar surface area (TPSA) is 61.9 Å². The molecule has 1 aromatic carbocycles. The van der Waals surface area contributed by atoms with Crippen LogP contribution in [0.15, 0.2) is 24.3 Å². The number of hydrogen-bond acceptors (Lipinski definition) is 4. The van der Waals surface area contributed by atoms with Crippen molar-refractivity contribution in [3.8, 4) is 0 Å². The third kappa shape index (κ3) is 6.05. The van der Waals surface area contributed by atoms with Crippen LogP contribution in [0.3, 0.4) is 0 Å². The number of ether oxygens (including phenoxy) is 1. The third-order valence-corrected chi connectivity index (χ3v) is 4.64. The van der Waals surface area contributed by atoms with Gasteiger partial charge in [-0.2, -0.15) is 0 Å². The molecule has 1 aromatic rings. The van der Waals surface area contributed by atoms with Gasteiger partial charge in [-0.15, -0.1) is 0 Å². The van der Waals surface area contributed by atoms with Gasteiger partial charge in [-0.05, 0) is 43.0 Å². The van der Waals surface area contributed by atoms with Crippen LogP contribution in [-0.2, 0) is 14.3 Å². The molecular formula is C19H29N3O3. The van der Waals surface area contributed by atoms with E-state index in [-0.39, 0.29) is 18.4 Å². The van der Waals surface area contributed by atoms with Gasteiger partial charge in [-0.25, -0.2) is 0 Å². The lowest BCUT2D eigenvalue weighted by atomic mass is 9.99. The molecule has 0 saturated carbocycles. The first-order chi connectivity index (χ1) is 12.0. The summed E-state index contributed by atoms with van der Waals surface area (Å²) < 4.78 is 4.97. The minimum Gasteiger partial charge on any atom is -0.383 e. The van der Waals surface area contributed by atoms with Gasteiger partial charge in [0.1, 0.15) is 0 Å². The first-order valence-electron chi connectivity index (χ1n) is 8.89. The zero-order chi connectivity index (χ0) is 18.2. The minimum absolute atomic E-state index is 0.0322. The van der Waals surface area contributed by atoms with Crippen LogP contribution in [0.1, 0.15) is 26.7 Å². The van der Waals surface area contributed by atoms with Crippen LogP contribution in [-0.4, -0.2) is 56.6 Å². The Kier molecular flexibility index (Phi) is 7.25. The Bertz CT molecular complexity index is 566. The molecule has 1 heterocycles. The largest absolute Gasteiger partial charge is 0.383 e.